The quantitative estimate of drug-likeness (QED) is 0.764. The van der Waals surface area contributed by atoms with E-state index in [1.165, 1.54) is 18.6 Å². The lowest BCUT2D eigenvalue weighted by atomic mass is 10.1. The third kappa shape index (κ3) is 3.24. The van der Waals surface area contributed by atoms with Crippen LogP contribution >= 0.6 is 0 Å². The summed E-state index contributed by atoms with van der Waals surface area (Å²) < 4.78 is 40.9. The number of aromatic nitrogens is 3. The average Bonchev–Trinajstić information content (AvgIpc) is 3.05. The van der Waals surface area contributed by atoms with E-state index < -0.39 is 11.7 Å². The molecule has 0 bridgehead atoms. The molecule has 0 aliphatic heterocycles. The number of aryl methyl sites for hydroxylation is 1. The molecule has 0 aliphatic rings. The summed E-state index contributed by atoms with van der Waals surface area (Å²) in [7, 11) is 1.70. The van der Waals surface area contributed by atoms with E-state index in [1.54, 1.807) is 30.7 Å². The van der Waals surface area contributed by atoms with E-state index in [0.717, 1.165) is 12.1 Å². The van der Waals surface area contributed by atoms with Crippen molar-refractivity contribution in [2.24, 2.45) is 0 Å². The van der Waals surface area contributed by atoms with Gasteiger partial charge in [0.15, 0.2) is 0 Å². The van der Waals surface area contributed by atoms with Crippen molar-refractivity contribution in [3.63, 3.8) is 0 Å². The third-order valence-electron chi connectivity index (χ3n) is 3.93. The molecule has 0 spiro atoms. The molecule has 8 heteroatoms. The van der Waals surface area contributed by atoms with Gasteiger partial charge in [-0.25, -0.2) is 9.97 Å². The molecule has 132 valence electrons. The number of alkyl halides is 3. The SMILES string of the molecule is CNc1cc(-c2cc(C#N)cn2-c2cc(C(F)(F)F)ccc2C)ncn1. The molecule has 0 unspecified atom stereocenters. The standard InChI is InChI=1S/C18H14F3N5/c1-11-3-4-13(18(19,20)21)6-15(11)26-9-12(8-22)5-16(26)14-7-17(23-2)25-10-24-14/h3-7,9-10H,1-2H3,(H,23,24,25). The first kappa shape index (κ1) is 17.5. The minimum absolute atomic E-state index is 0.321. The highest BCUT2D eigenvalue weighted by Crippen LogP contribution is 2.33. The van der Waals surface area contributed by atoms with E-state index >= 15 is 0 Å². The van der Waals surface area contributed by atoms with Crippen LogP contribution in [0.4, 0.5) is 19.0 Å². The van der Waals surface area contributed by atoms with Crippen molar-refractivity contribution >= 4 is 5.82 Å². The zero-order valence-electron chi connectivity index (χ0n) is 14.0. The maximum Gasteiger partial charge on any atom is 0.416 e. The summed E-state index contributed by atoms with van der Waals surface area (Å²) in [5.41, 5.74) is 1.53. The van der Waals surface area contributed by atoms with E-state index in [0.29, 0.717) is 34.0 Å². The number of hydrogen-bond acceptors (Lipinski definition) is 4. The van der Waals surface area contributed by atoms with Crippen LogP contribution in [0.3, 0.4) is 0 Å². The fraction of sp³-hybridized carbons (Fsp3) is 0.167. The van der Waals surface area contributed by atoms with Crippen molar-refractivity contribution < 1.29 is 13.2 Å². The van der Waals surface area contributed by atoms with Crippen LogP contribution in [0, 0.1) is 18.3 Å². The molecule has 0 saturated heterocycles. The molecule has 5 nitrogen and oxygen atoms in total. The first-order valence-electron chi connectivity index (χ1n) is 7.64. The van der Waals surface area contributed by atoms with Crippen molar-refractivity contribution in [1.82, 2.24) is 14.5 Å². The summed E-state index contributed by atoms with van der Waals surface area (Å²) in [5, 5.41) is 12.1. The molecule has 0 fully saturated rings. The van der Waals surface area contributed by atoms with Crippen LogP contribution < -0.4 is 5.32 Å². The summed E-state index contributed by atoms with van der Waals surface area (Å²) in [6.45, 7) is 1.71. The van der Waals surface area contributed by atoms with E-state index in [4.69, 9.17) is 0 Å². The highest BCUT2D eigenvalue weighted by molar-refractivity contribution is 5.65. The number of nitrogens with one attached hydrogen (secondary N) is 1. The van der Waals surface area contributed by atoms with Gasteiger partial charge in [-0.05, 0) is 30.7 Å². The van der Waals surface area contributed by atoms with E-state index in [-0.39, 0.29) is 0 Å². The summed E-state index contributed by atoms with van der Waals surface area (Å²) in [5.74, 6) is 0.557. The molecule has 0 atom stereocenters. The fourth-order valence-corrected chi connectivity index (χ4v) is 2.60. The number of rotatable bonds is 3. The Hall–Kier alpha value is -3.34. The van der Waals surface area contributed by atoms with Crippen molar-refractivity contribution in [2.75, 3.05) is 12.4 Å². The molecule has 0 aliphatic carbocycles. The van der Waals surface area contributed by atoms with Crippen LogP contribution in [0.2, 0.25) is 0 Å². The second kappa shape index (κ2) is 6.52. The van der Waals surface area contributed by atoms with Crippen LogP contribution in [0.25, 0.3) is 17.1 Å². The van der Waals surface area contributed by atoms with E-state index in [9.17, 15) is 18.4 Å². The number of nitriles is 1. The Morgan fingerprint density at radius 1 is 1.15 bits per heavy atom. The smallest absolute Gasteiger partial charge is 0.373 e. The summed E-state index contributed by atoms with van der Waals surface area (Å²) in [4.78, 5) is 8.22. The Morgan fingerprint density at radius 2 is 1.92 bits per heavy atom. The second-order valence-corrected chi connectivity index (χ2v) is 5.63. The first-order valence-corrected chi connectivity index (χ1v) is 7.64. The molecule has 0 amide bonds. The van der Waals surface area contributed by atoms with Crippen LogP contribution in [-0.4, -0.2) is 21.6 Å². The van der Waals surface area contributed by atoms with Gasteiger partial charge < -0.3 is 9.88 Å². The molecule has 2 heterocycles. The van der Waals surface area contributed by atoms with Crippen molar-refractivity contribution in [3.8, 4) is 23.1 Å². The van der Waals surface area contributed by atoms with Gasteiger partial charge in [0, 0.05) is 25.0 Å². The predicted molar refractivity (Wildman–Crippen MR) is 90.8 cm³/mol. The van der Waals surface area contributed by atoms with Gasteiger partial charge in [0.2, 0.25) is 0 Å². The summed E-state index contributed by atoms with van der Waals surface area (Å²) in [6, 6.07) is 8.78. The number of nitrogens with zero attached hydrogens (tertiary/aromatic N) is 4. The Kier molecular flexibility index (Phi) is 4.38. The maximum atomic E-state index is 13.1. The molecular weight excluding hydrogens is 343 g/mol. The third-order valence-corrected chi connectivity index (χ3v) is 3.93. The molecule has 3 aromatic rings. The van der Waals surface area contributed by atoms with Gasteiger partial charge in [-0.1, -0.05) is 6.07 Å². The second-order valence-electron chi connectivity index (χ2n) is 5.63. The molecule has 0 saturated carbocycles. The van der Waals surface area contributed by atoms with Crippen molar-refractivity contribution in [2.45, 2.75) is 13.1 Å². The van der Waals surface area contributed by atoms with Gasteiger partial charge in [0.05, 0.1) is 22.5 Å². The number of hydrogen-bond donors (Lipinski definition) is 1. The Balaban J connectivity index is 2.23. The Bertz CT molecular complexity index is 999. The molecule has 2 aromatic heterocycles. The predicted octanol–water partition coefficient (Wildman–Crippen LogP) is 4.17. The van der Waals surface area contributed by atoms with Crippen LogP contribution in [0.5, 0.6) is 0 Å². The molecule has 3 rings (SSSR count). The molecule has 1 N–H and O–H groups in total. The molecular formula is C18H14F3N5. The fourth-order valence-electron chi connectivity index (χ4n) is 2.60. The molecule has 0 radical (unpaired) electrons. The van der Waals surface area contributed by atoms with Gasteiger partial charge in [-0.15, -0.1) is 0 Å². The van der Waals surface area contributed by atoms with E-state index in [1.807, 2.05) is 6.07 Å². The lowest BCUT2D eigenvalue weighted by Crippen LogP contribution is -2.07. The maximum absolute atomic E-state index is 13.1. The largest absolute Gasteiger partial charge is 0.416 e. The Labute approximate surface area is 147 Å². The average molecular weight is 357 g/mol. The number of anilines is 1. The van der Waals surface area contributed by atoms with Gasteiger partial charge in [-0.3, -0.25) is 0 Å². The Morgan fingerprint density at radius 3 is 2.58 bits per heavy atom. The normalized spacial score (nSPS) is 11.2. The van der Waals surface area contributed by atoms with Gasteiger partial charge >= 0.3 is 6.18 Å². The first-order chi connectivity index (χ1) is 12.3. The number of benzene rings is 1. The van der Waals surface area contributed by atoms with Crippen LogP contribution in [-0.2, 0) is 6.18 Å². The van der Waals surface area contributed by atoms with Crippen molar-refractivity contribution in [3.05, 3.63) is 59.5 Å². The highest BCUT2D eigenvalue weighted by Gasteiger charge is 2.31. The monoisotopic (exact) mass is 357 g/mol. The zero-order valence-corrected chi connectivity index (χ0v) is 14.0. The topological polar surface area (TPSA) is 66.5 Å². The molecule has 1 aromatic carbocycles. The van der Waals surface area contributed by atoms with Crippen LogP contribution in [0.1, 0.15) is 16.7 Å². The van der Waals surface area contributed by atoms with Gasteiger partial charge in [-0.2, -0.15) is 18.4 Å². The highest BCUT2D eigenvalue weighted by atomic mass is 19.4. The van der Waals surface area contributed by atoms with Gasteiger partial charge in [0.1, 0.15) is 18.2 Å². The lowest BCUT2D eigenvalue weighted by molar-refractivity contribution is -0.137. The summed E-state index contributed by atoms with van der Waals surface area (Å²) in [6.07, 6.45) is -1.61. The lowest BCUT2D eigenvalue weighted by Gasteiger charge is -2.15. The van der Waals surface area contributed by atoms with Crippen LogP contribution in [0.15, 0.2) is 42.9 Å². The zero-order chi connectivity index (χ0) is 18.9. The summed E-state index contributed by atoms with van der Waals surface area (Å²) >= 11 is 0. The van der Waals surface area contributed by atoms with E-state index in [2.05, 4.69) is 15.3 Å². The van der Waals surface area contributed by atoms with Gasteiger partial charge in [0.25, 0.3) is 0 Å². The molecule has 26 heavy (non-hydrogen) atoms. The van der Waals surface area contributed by atoms with Crippen molar-refractivity contribution in [1.29, 1.82) is 5.26 Å². The minimum Gasteiger partial charge on any atom is -0.373 e. The minimum atomic E-state index is -4.46. The number of halogens is 3.